The Hall–Kier alpha value is -4.32. The fraction of sp³-hybridized carbons (Fsp3) is 0.107. The van der Waals surface area contributed by atoms with Crippen LogP contribution in [-0.2, 0) is 17.6 Å². The standard InChI is InChI=1S/C28H22FN3O2/c1-19(33)34-28-25(16-20-10-4-2-5-11-20)31-27-24(17-22-14-8-9-15-23(22)29)30-26(18-32(27)28)21-12-6-3-7-13-21/h2-15,18H,16-17H2,1H3. The fourth-order valence-corrected chi connectivity index (χ4v) is 3.97. The van der Waals surface area contributed by atoms with Crippen LogP contribution < -0.4 is 4.74 Å². The second-order valence-electron chi connectivity index (χ2n) is 8.02. The van der Waals surface area contributed by atoms with E-state index in [1.807, 2.05) is 66.9 Å². The molecule has 0 aliphatic heterocycles. The predicted molar refractivity (Wildman–Crippen MR) is 128 cm³/mol. The van der Waals surface area contributed by atoms with Crippen molar-refractivity contribution < 1.29 is 13.9 Å². The molecule has 2 aromatic heterocycles. The summed E-state index contributed by atoms with van der Waals surface area (Å²) in [5.74, 6) is -0.394. The average molecular weight is 452 g/mol. The summed E-state index contributed by atoms with van der Waals surface area (Å²) < 4.78 is 21.9. The number of esters is 1. The van der Waals surface area contributed by atoms with Gasteiger partial charge in [0.15, 0.2) is 5.65 Å². The lowest BCUT2D eigenvalue weighted by molar-refractivity contribution is -0.132. The van der Waals surface area contributed by atoms with Crippen LogP contribution in [0.2, 0.25) is 0 Å². The van der Waals surface area contributed by atoms with Crippen molar-refractivity contribution in [2.24, 2.45) is 0 Å². The molecule has 0 saturated carbocycles. The van der Waals surface area contributed by atoms with Gasteiger partial charge in [0.2, 0.25) is 5.88 Å². The Morgan fingerprint density at radius 1 is 0.853 bits per heavy atom. The molecule has 2 heterocycles. The molecule has 0 bridgehead atoms. The van der Waals surface area contributed by atoms with Gasteiger partial charge >= 0.3 is 5.97 Å². The number of fused-ring (bicyclic) bond motifs is 1. The molecule has 3 aromatic carbocycles. The summed E-state index contributed by atoms with van der Waals surface area (Å²) in [4.78, 5) is 21.7. The number of aromatic nitrogens is 3. The molecule has 0 atom stereocenters. The minimum atomic E-state index is -0.440. The highest BCUT2D eigenvalue weighted by atomic mass is 19.1. The molecule has 168 valence electrons. The quantitative estimate of drug-likeness (QED) is 0.314. The Kier molecular flexibility index (Phi) is 5.87. The minimum Gasteiger partial charge on any atom is -0.407 e. The van der Waals surface area contributed by atoms with E-state index in [2.05, 4.69) is 0 Å². The van der Waals surface area contributed by atoms with E-state index in [1.54, 1.807) is 22.6 Å². The molecule has 0 unspecified atom stereocenters. The molecular formula is C28H22FN3O2. The highest BCUT2D eigenvalue weighted by Gasteiger charge is 2.21. The van der Waals surface area contributed by atoms with Gasteiger partial charge in [0.25, 0.3) is 0 Å². The normalized spacial score (nSPS) is 11.0. The van der Waals surface area contributed by atoms with Crippen LogP contribution in [0, 0.1) is 5.82 Å². The summed E-state index contributed by atoms with van der Waals surface area (Å²) in [7, 11) is 0. The molecule has 34 heavy (non-hydrogen) atoms. The summed E-state index contributed by atoms with van der Waals surface area (Å²) in [5.41, 5.74) is 4.87. The molecular weight excluding hydrogens is 429 g/mol. The van der Waals surface area contributed by atoms with Crippen molar-refractivity contribution in [3.8, 4) is 17.1 Å². The van der Waals surface area contributed by atoms with E-state index < -0.39 is 5.97 Å². The van der Waals surface area contributed by atoms with Gasteiger partial charge in [-0.25, -0.2) is 14.4 Å². The number of carbonyl (C=O) groups excluding carboxylic acids is 1. The monoisotopic (exact) mass is 451 g/mol. The van der Waals surface area contributed by atoms with Crippen LogP contribution in [0.5, 0.6) is 5.88 Å². The average Bonchev–Trinajstić information content (AvgIpc) is 3.18. The van der Waals surface area contributed by atoms with Gasteiger partial charge in [-0.3, -0.25) is 9.20 Å². The third-order valence-electron chi connectivity index (χ3n) is 5.54. The zero-order valence-corrected chi connectivity index (χ0v) is 18.6. The van der Waals surface area contributed by atoms with E-state index in [0.717, 1.165) is 11.1 Å². The molecule has 0 radical (unpaired) electrons. The minimum absolute atomic E-state index is 0.248. The largest absolute Gasteiger partial charge is 0.407 e. The van der Waals surface area contributed by atoms with E-state index in [4.69, 9.17) is 14.7 Å². The van der Waals surface area contributed by atoms with Gasteiger partial charge in [0.1, 0.15) is 11.5 Å². The van der Waals surface area contributed by atoms with E-state index in [-0.39, 0.29) is 12.2 Å². The predicted octanol–water partition coefficient (Wildman–Crippen LogP) is 5.64. The zero-order valence-electron chi connectivity index (χ0n) is 18.6. The van der Waals surface area contributed by atoms with Crippen molar-refractivity contribution >= 4 is 11.6 Å². The summed E-state index contributed by atoms with van der Waals surface area (Å²) >= 11 is 0. The van der Waals surface area contributed by atoms with E-state index in [1.165, 1.54) is 13.0 Å². The van der Waals surface area contributed by atoms with Crippen molar-refractivity contribution in [1.82, 2.24) is 14.4 Å². The zero-order chi connectivity index (χ0) is 23.5. The SMILES string of the molecule is CC(=O)Oc1c(Cc2ccccc2)nc2c(Cc3ccccc3F)nc(-c3ccccc3)cn12. The maximum Gasteiger partial charge on any atom is 0.309 e. The van der Waals surface area contributed by atoms with Crippen molar-refractivity contribution in [3.05, 3.63) is 119 Å². The summed E-state index contributed by atoms with van der Waals surface area (Å²) in [6.45, 7) is 1.37. The Labute approximate surface area is 196 Å². The Balaban J connectivity index is 1.72. The number of halogens is 1. The Morgan fingerprint density at radius 3 is 2.24 bits per heavy atom. The first kappa shape index (κ1) is 21.5. The van der Waals surface area contributed by atoms with Crippen molar-refractivity contribution in [2.75, 3.05) is 0 Å². The smallest absolute Gasteiger partial charge is 0.309 e. The van der Waals surface area contributed by atoms with E-state index in [0.29, 0.717) is 40.6 Å². The highest BCUT2D eigenvalue weighted by molar-refractivity contribution is 5.71. The van der Waals surface area contributed by atoms with Crippen LogP contribution in [0.25, 0.3) is 16.9 Å². The molecule has 0 aliphatic carbocycles. The summed E-state index contributed by atoms with van der Waals surface area (Å²) in [6, 6.07) is 26.2. The summed E-state index contributed by atoms with van der Waals surface area (Å²) in [6.07, 6.45) is 2.54. The maximum absolute atomic E-state index is 14.5. The lowest BCUT2D eigenvalue weighted by Gasteiger charge is -2.10. The number of ether oxygens (including phenoxy) is 1. The first-order valence-electron chi connectivity index (χ1n) is 11.0. The topological polar surface area (TPSA) is 56.5 Å². The number of rotatable bonds is 6. The van der Waals surface area contributed by atoms with Gasteiger partial charge in [-0.1, -0.05) is 78.9 Å². The molecule has 5 aromatic rings. The summed E-state index contributed by atoms with van der Waals surface area (Å²) in [5, 5.41) is 0. The van der Waals surface area contributed by atoms with E-state index in [9.17, 15) is 9.18 Å². The molecule has 6 heteroatoms. The number of carbonyl (C=O) groups is 1. The van der Waals surface area contributed by atoms with Gasteiger partial charge in [-0.05, 0) is 17.2 Å². The third kappa shape index (κ3) is 4.43. The van der Waals surface area contributed by atoms with E-state index >= 15 is 0 Å². The first-order chi connectivity index (χ1) is 16.6. The fourth-order valence-electron chi connectivity index (χ4n) is 3.97. The Morgan fingerprint density at radius 2 is 1.53 bits per heavy atom. The molecule has 0 N–H and O–H groups in total. The lowest BCUT2D eigenvalue weighted by atomic mass is 10.1. The molecule has 0 spiro atoms. The molecule has 5 nitrogen and oxygen atoms in total. The van der Waals surface area contributed by atoms with Gasteiger partial charge in [0, 0.05) is 31.5 Å². The van der Waals surface area contributed by atoms with Crippen LogP contribution >= 0.6 is 0 Å². The van der Waals surface area contributed by atoms with Gasteiger partial charge < -0.3 is 4.74 Å². The van der Waals surface area contributed by atoms with Gasteiger partial charge in [-0.2, -0.15) is 0 Å². The second-order valence-corrected chi connectivity index (χ2v) is 8.02. The molecule has 0 aliphatic rings. The lowest BCUT2D eigenvalue weighted by Crippen LogP contribution is -2.07. The van der Waals surface area contributed by atoms with Gasteiger partial charge in [0.05, 0.1) is 11.4 Å². The van der Waals surface area contributed by atoms with Crippen LogP contribution in [-0.4, -0.2) is 20.3 Å². The maximum atomic E-state index is 14.5. The Bertz CT molecular complexity index is 1460. The van der Waals surface area contributed by atoms with Gasteiger partial charge in [-0.15, -0.1) is 0 Å². The number of benzene rings is 3. The van der Waals surface area contributed by atoms with Crippen LogP contribution in [0.3, 0.4) is 0 Å². The number of hydrogen-bond acceptors (Lipinski definition) is 4. The first-order valence-corrected chi connectivity index (χ1v) is 11.0. The van der Waals surface area contributed by atoms with Crippen molar-refractivity contribution in [3.63, 3.8) is 0 Å². The van der Waals surface area contributed by atoms with Crippen LogP contribution in [0.15, 0.2) is 91.1 Å². The van der Waals surface area contributed by atoms with Crippen LogP contribution in [0.4, 0.5) is 4.39 Å². The third-order valence-corrected chi connectivity index (χ3v) is 5.54. The van der Waals surface area contributed by atoms with Crippen LogP contribution in [0.1, 0.15) is 29.4 Å². The number of nitrogens with zero attached hydrogens (tertiary/aromatic N) is 3. The second kappa shape index (κ2) is 9.27. The molecule has 5 rings (SSSR count). The van der Waals surface area contributed by atoms with Crippen molar-refractivity contribution in [2.45, 2.75) is 19.8 Å². The number of hydrogen-bond donors (Lipinski definition) is 0. The molecule has 0 amide bonds. The highest BCUT2D eigenvalue weighted by Crippen LogP contribution is 2.29. The van der Waals surface area contributed by atoms with Crippen molar-refractivity contribution in [1.29, 1.82) is 0 Å². The number of imidazole rings is 1. The molecule has 0 saturated heterocycles. The molecule has 0 fully saturated rings.